The topological polar surface area (TPSA) is 174 Å². The molecule has 4 aromatic carbocycles. The maximum atomic E-state index is 14.6. The highest BCUT2D eigenvalue weighted by Crippen LogP contribution is 2.34. The molecule has 1 aliphatic heterocycles. The highest BCUT2D eigenvalue weighted by atomic mass is 127. The predicted molar refractivity (Wildman–Crippen MR) is 226 cm³/mol. The summed E-state index contributed by atoms with van der Waals surface area (Å²) in [5.74, 6) is -8.58. The van der Waals surface area contributed by atoms with Crippen molar-refractivity contribution in [2.45, 2.75) is 12.2 Å². The Labute approximate surface area is 376 Å². The van der Waals surface area contributed by atoms with E-state index in [1.165, 1.54) is 30.3 Å². The molecule has 1 aliphatic rings. The zero-order chi connectivity index (χ0) is 43.4. The molecule has 0 radical (unpaired) electrons. The molecule has 0 aromatic heterocycles. The van der Waals surface area contributed by atoms with Gasteiger partial charge in [-0.05, 0) is 126 Å². The van der Waals surface area contributed by atoms with Crippen molar-refractivity contribution in [1.29, 1.82) is 0 Å². The van der Waals surface area contributed by atoms with Crippen molar-refractivity contribution in [1.82, 2.24) is 15.9 Å². The van der Waals surface area contributed by atoms with Crippen LogP contribution in [0.1, 0.15) is 20.7 Å². The molecule has 1 heterocycles. The van der Waals surface area contributed by atoms with E-state index in [4.69, 9.17) is 19.5 Å². The first-order chi connectivity index (χ1) is 28.0. The fourth-order valence-electron chi connectivity index (χ4n) is 4.95. The summed E-state index contributed by atoms with van der Waals surface area (Å²) in [5.41, 5.74) is 1.88. The Morgan fingerprint density at radius 2 is 1.14 bits per heavy atom. The lowest BCUT2D eigenvalue weighted by atomic mass is 10.1. The predicted octanol–water partition coefficient (Wildman–Crippen LogP) is 6.80. The number of aliphatic hydroxyl groups is 3. The van der Waals surface area contributed by atoms with Crippen LogP contribution in [0.5, 0.6) is 0 Å². The highest BCUT2D eigenvalue weighted by molar-refractivity contribution is 14.1. The molecule has 0 saturated carbocycles. The number of hydroxylamine groups is 2. The lowest BCUT2D eigenvalue weighted by Gasteiger charge is -2.28. The number of anilines is 4. The third-order valence-electron chi connectivity index (χ3n) is 7.86. The SMILES string of the molecule is O=C(NOCC(O)CN1CCOCC1)c1cc(Br)c(F)c(F)c1Nc1ccc(I)cc1F.O=C(NOCC(O)CO)c1cc(Br)c(F)c(F)c1Nc1ccc(I)cc1F. The number of amides is 2. The van der Waals surface area contributed by atoms with Gasteiger partial charge in [-0.25, -0.2) is 37.3 Å². The Morgan fingerprint density at radius 1 is 0.712 bits per heavy atom. The third kappa shape index (κ3) is 14.1. The van der Waals surface area contributed by atoms with E-state index < -0.39 is 83.5 Å². The average Bonchev–Trinajstić information content (AvgIpc) is 3.20. The molecule has 23 heteroatoms. The van der Waals surface area contributed by atoms with E-state index in [1.54, 1.807) is 6.07 Å². The Morgan fingerprint density at radius 3 is 1.54 bits per heavy atom. The molecule has 0 spiro atoms. The van der Waals surface area contributed by atoms with Crippen molar-refractivity contribution in [3.05, 3.63) is 111 Å². The normalized spacial score (nSPS) is 13.8. The number of morpholine rings is 1. The van der Waals surface area contributed by atoms with Crippen LogP contribution in [0.2, 0.25) is 0 Å². The van der Waals surface area contributed by atoms with Gasteiger partial charge in [-0.15, -0.1) is 0 Å². The molecule has 2 unspecified atom stereocenters. The lowest BCUT2D eigenvalue weighted by Crippen LogP contribution is -2.42. The van der Waals surface area contributed by atoms with Gasteiger partial charge in [0, 0.05) is 26.8 Å². The summed E-state index contributed by atoms with van der Waals surface area (Å²) in [5, 5.41) is 32.8. The molecule has 0 bridgehead atoms. The van der Waals surface area contributed by atoms with Gasteiger partial charge in [-0.2, -0.15) is 0 Å². The first-order valence-corrected chi connectivity index (χ1v) is 20.6. The Bertz CT molecular complexity index is 2130. The molecule has 320 valence electrons. The number of hydrogen-bond acceptors (Lipinski definition) is 11. The van der Waals surface area contributed by atoms with E-state index in [0.717, 1.165) is 12.1 Å². The number of carbonyl (C=O) groups is 2. The summed E-state index contributed by atoms with van der Waals surface area (Å²) < 4.78 is 91.1. The standard InChI is InChI=1S/C20H20BrF3IN3O4.C16H13BrF3IN2O4/c21-14-8-13(20(30)27-32-10-12(29)9-28-3-5-31-6-4-28)19(18(24)17(14)23)26-16-2-1-11(25)7-15(16)22;17-10-4-9(16(26)23-27-6-8(25)5-24)15(14(20)13(10)19)22-12-2-1-7(21)3-11(12)18/h1-2,7-8,12,26,29H,3-6,9-10H2,(H,27,30);1-4,8,22,24-25H,5-6H2,(H,23,26). The highest BCUT2D eigenvalue weighted by Gasteiger charge is 2.25. The van der Waals surface area contributed by atoms with Gasteiger partial charge in [-0.3, -0.25) is 24.2 Å². The van der Waals surface area contributed by atoms with E-state index in [-0.39, 0.29) is 38.1 Å². The summed E-state index contributed by atoms with van der Waals surface area (Å²) in [6.07, 6.45) is -2.12. The van der Waals surface area contributed by atoms with Gasteiger partial charge in [0.05, 0.1) is 68.7 Å². The summed E-state index contributed by atoms with van der Waals surface area (Å²) in [4.78, 5) is 36.6. The van der Waals surface area contributed by atoms with Crippen LogP contribution >= 0.6 is 77.0 Å². The lowest BCUT2D eigenvalue weighted by molar-refractivity contribution is -0.0363. The molecular weight excluding hydrogens is 1160 g/mol. The monoisotopic (exact) mass is 1190 g/mol. The number of nitrogens with one attached hydrogen (secondary N) is 4. The number of ether oxygens (including phenoxy) is 1. The summed E-state index contributed by atoms with van der Waals surface area (Å²) in [6.45, 7) is 1.59. The van der Waals surface area contributed by atoms with Crippen molar-refractivity contribution in [3.63, 3.8) is 0 Å². The smallest absolute Gasteiger partial charge is 0.277 e. The maximum Gasteiger partial charge on any atom is 0.277 e. The maximum absolute atomic E-state index is 14.6. The molecule has 4 aromatic rings. The first-order valence-electron chi connectivity index (χ1n) is 16.9. The number of halogens is 10. The zero-order valence-corrected chi connectivity index (χ0v) is 37.5. The number of β-amino-alcohol motifs (C(OH)–C–C–N with tert-alkyl or cyclic N) is 1. The van der Waals surface area contributed by atoms with Crippen molar-refractivity contribution >= 4 is 112 Å². The minimum absolute atomic E-state index is 0.137. The fraction of sp³-hybridized carbons (Fsp3) is 0.278. The van der Waals surface area contributed by atoms with Crippen LogP contribution in [0, 0.1) is 42.0 Å². The van der Waals surface area contributed by atoms with Crippen LogP contribution in [0.3, 0.4) is 0 Å². The van der Waals surface area contributed by atoms with Gasteiger partial charge in [0.15, 0.2) is 23.3 Å². The molecule has 1 fully saturated rings. The molecular formula is C36H33Br2F6I2N5O8. The summed E-state index contributed by atoms with van der Waals surface area (Å²) in [7, 11) is 0. The van der Waals surface area contributed by atoms with Crippen LogP contribution < -0.4 is 21.6 Å². The average molecular weight is 1190 g/mol. The van der Waals surface area contributed by atoms with Gasteiger partial charge < -0.3 is 30.7 Å². The van der Waals surface area contributed by atoms with Crippen molar-refractivity contribution in [2.24, 2.45) is 0 Å². The Hall–Kier alpha value is -2.86. The molecule has 2 atom stereocenters. The molecule has 7 N–H and O–H groups in total. The van der Waals surface area contributed by atoms with E-state index in [2.05, 4.69) is 48.0 Å². The number of benzene rings is 4. The van der Waals surface area contributed by atoms with Gasteiger partial charge in [0.25, 0.3) is 11.8 Å². The van der Waals surface area contributed by atoms with Gasteiger partial charge in [-0.1, -0.05) is 0 Å². The van der Waals surface area contributed by atoms with Crippen LogP contribution in [-0.2, 0) is 14.4 Å². The largest absolute Gasteiger partial charge is 0.394 e. The number of nitrogens with zero attached hydrogens (tertiary/aromatic N) is 1. The quantitative estimate of drug-likeness (QED) is 0.0289. The molecule has 5 rings (SSSR count). The van der Waals surface area contributed by atoms with Crippen molar-refractivity contribution in [3.8, 4) is 0 Å². The Kier molecular flexibility index (Phi) is 19.3. The zero-order valence-electron chi connectivity index (χ0n) is 30.0. The third-order valence-corrected chi connectivity index (χ3v) is 10.4. The minimum Gasteiger partial charge on any atom is -0.394 e. The van der Waals surface area contributed by atoms with Crippen LogP contribution in [0.15, 0.2) is 57.5 Å². The number of carbonyl (C=O) groups excluding carboxylic acids is 2. The number of rotatable bonds is 15. The van der Waals surface area contributed by atoms with Crippen molar-refractivity contribution < 1.29 is 65.7 Å². The van der Waals surface area contributed by atoms with E-state index in [1.807, 2.05) is 55.6 Å². The fourth-order valence-corrected chi connectivity index (χ4v) is 6.66. The molecule has 2 amide bonds. The van der Waals surface area contributed by atoms with E-state index in [0.29, 0.717) is 40.0 Å². The Balaban J connectivity index is 0.000000265. The van der Waals surface area contributed by atoms with E-state index in [9.17, 15) is 46.1 Å². The van der Waals surface area contributed by atoms with Crippen molar-refractivity contribution in [2.75, 3.05) is 63.3 Å². The van der Waals surface area contributed by atoms with Gasteiger partial charge in [0.2, 0.25) is 0 Å². The number of aliphatic hydroxyl groups excluding tert-OH is 3. The summed E-state index contributed by atoms with van der Waals surface area (Å²) >= 11 is 9.45. The second-order valence-corrected chi connectivity index (χ2v) is 16.4. The van der Waals surface area contributed by atoms with Gasteiger partial charge in [0.1, 0.15) is 31.0 Å². The van der Waals surface area contributed by atoms with Gasteiger partial charge >= 0.3 is 0 Å². The summed E-state index contributed by atoms with van der Waals surface area (Å²) in [6, 6.07) is 10.2. The minimum atomic E-state index is -1.40. The molecule has 13 nitrogen and oxygen atoms in total. The second-order valence-electron chi connectivity index (χ2n) is 12.2. The molecule has 59 heavy (non-hydrogen) atoms. The molecule has 0 aliphatic carbocycles. The van der Waals surface area contributed by atoms with Crippen LogP contribution in [0.25, 0.3) is 0 Å². The van der Waals surface area contributed by atoms with Crippen LogP contribution in [-0.4, -0.2) is 96.9 Å². The van der Waals surface area contributed by atoms with E-state index >= 15 is 0 Å². The van der Waals surface area contributed by atoms with Crippen LogP contribution in [0.4, 0.5) is 49.1 Å². The second kappa shape index (κ2) is 23.4. The first kappa shape index (κ1) is 48.8. The molecule has 1 saturated heterocycles. The number of hydrogen-bond donors (Lipinski definition) is 7.